The van der Waals surface area contributed by atoms with E-state index in [1.54, 1.807) is 24.3 Å². The average Bonchev–Trinajstić information content (AvgIpc) is 2.87. The van der Waals surface area contributed by atoms with Crippen LogP contribution >= 0.6 is 11.6 Å². The molecule has 3 rings (SSSR count). The summed E-state index contributed by atoms with van der Waals surface area (Å²) in [5, 5.41) is 4.28. The van der Waals surface area contributed by atoms with Crippen LogP contribution < -0.4 is 11.1 Å². The van der Waals surface area contributed by atoms with Crippen molar-refractivity contribution in [3.63, 3.8) is 0 Å². The topological polar surface area (TPSA) is 70.9 Å². The lowest BCUT2D eigenvalue weighted by molar-refractivity contribution is -0.111. The number of benzene rings is 2. The van der Waals surface area contributed by atoms with Crippen molar-refractivity contribution >= 4 is 45.9 Å². The predicted molar refractivity (Wildman–Crippen MR) is 91.8 cm³/mol. The van der Waals surface area contributed by atoms with E-state index in [9.17, 15) is 4.79 Å². The molecule has 3 aromatic rings. The van der Waals surface area contributed by atoms with Crippen molar-refractivity contribution in [3.8, 4) is 0 Å². The van der Waals surface area contributed by atoms with Gasteiger partial charge in [0.15, 0.2) is 0 Å². The van der Waals surface area contributed by atoms with Crippen LogP contribution in [0.2, 0.25) is 5.02 Å². The molecule has 0 saturated heterocycles. The van der Waals surface area contributed by atoms with E-state index < -0.39 is 0 Å². The molecule has 0 aliphatic heterocycles. The fourth-order valence-electron chi connectivity index (χ4n) is 2.27. The number of nitrogens with one attached hydrogen (secondary N) is 2. The van der Waals surface area contributed by atoms with Crippen LogP contribution in [0.25, 0.3) is 17.0 Å². The Morgan fingerprint density at radius 3 is 2.86 bits per heavy atom. The number of aromatic amines is 1. The van der Waals surface area contributed by atoms with Gasteiger partial charge in [0.25, 0.3) is 0 Å². The fraction of sp³-hybridized carbons (Fsp3) is 0. The maximum absolute atomic E-state index is 12.0. The van der Waals surface area contributed by atoms with Gasteiger partial charge in [0.2, 0.25) is 5.91 Å². The number of aromatic nitrogens is 1. The molecule has 110 valence electrons. The molecule has 1 aromatic heterocycles. The molecule has 0 aliphatic carbocycles. The van der Waals surface area contributed by atoms with Gasteiger partial charge in [-0.1, -0.05) is 29.8 Å². The monoisotopic (exact) mass is 311 g/mol. The Labute approximate surface area is 132 Å². The number of H-pyrrole nitrogens is 1. The quantitative estimate of drug-likeness (QED) is 0.504. The second kappa shape index (κ2) is 5.95. The smallest absolute Gasteiger partial charge is 0.248 e. The van der Waals surface area contributed by atoms with Gasteiger partial charge in [-0.05, 0) is 35.9 Å². The number of nitrogen functional groups attached to an aromatic ring is 1. The van der Waals surface area contributed by atoms with Crippen LogP contribution in [-0.4, -0.2) is 10.9 Å². The molecule has 0 saturated carbocycles. The first-order chi connectivity index (χ1) is 10.6. The first-order valence-electron chi connectivity index (χ1n) is 6.73. The number of carbonyl (C=O) groups excluding carboxylic acids is 1. The lowest BCUT2D eigenvalue weighted by atomic mass is 10.1. The van der Waals surface area contributed by atoms with Gasteiger partial charge in [-0.3, -0.25) is 4.79 Å². The number of nitrogens with two attached hydrogens (primary N) is 1. The van der Waals surface area contributed by atoms with Crippen molar-refractivity contribution in [2.75, 3.05) is 11.1 Å². The number of carbonyl (C=O) groups is 1. The molecule has 0 aliphatic rings. The minimum absolute atomic E-state index is 0.244. The van der Waals surface area contributed by atoms with Crippen LogP contribution in [0.5, 0.6) is 0 Å². The Hall–Kier alpha value is -2.72. The number of rotatable bonds is 3. The Kier molecular flexibility index (Phi) is 3.85. The highest BCUT2D eigenvalue weighted by Crippen LogP contribution is 2.21. The van der Waals surface area contributed by atoms with E-state index in [2.05, 4.69) is 10.3 Å². The van der Waals surface area contributed by atoms with Crippen LogP contribution in [0.1, 0.15) is 5.56 Å². The zero-order valence-electron chi connectivity index (χ0n) is 11.6. The molecule has 4 N–H and O–H groups in total. The standard InChI is InChI=1S/C17H14ClN3O/c18-12-7-13(19)9-14(8-12)21-17(22)6-5-11-10-20-16-4-2-1-3-15(11)16/h1-10,20H,19H2,(H,21,22)/b6-5+. The van der Waals surface area contributed by atoms with E-state index in [0.717, 1.165) is 16.5 Å². The SMILES string of the molecule is Nc1cc(Cl)cc(NC(=O)/C=C/c2c[nH]c3ccccc23)c1. The molecule has 0 unspecified atom stereocenters. The van der Waals surface area contributed by atoms with Crippen LogP contribution in [0.4, 0.5) is 11.4 Å². The summed E-state index contributed by atoms with van der Waals surface area (Å²) in [7, 11) is 0. The number of amides is 1. The summed E-state index contributed by atoms with van der Waals surface area (Å²) in [5.74, 6) is -0.244. The summed E-state index contributed by atoms with van der Waals surface area (Å²) in [4.78, 5) is 15.1. The molecule has 1 amide bonds. The number of halogens is 1. The van der Waals surface area contributed by atoms with E-state index in [1.807, 2.05) is 30.5 Å². The van der Waals surface area contributed by atoms with Crippen molar-refractivity contribution in [2.45, 2.75) is 0 Å². The largest absolute Gasteiger partial charge is 0.399 e. The summed E-state index contributed by atoms with van der Waals surface area (Å²) in [5.41, 5.74) is 8.75. The summed E-state index contributed by atoms with van der Waals surface area (Å²) < 4.78 is 0. The first-order valence-corrected chi connectivity index (χ1v) is 7.11. The molecule has 5 heteroatoms. The molecular formula is C17H14ClN3O. The lowest BCUT2D eigenvalue weighted by Gasteiger charge is -2.04. The molecular weight excluding hydrogens is 298 g/mol. The summed E-state index contributed by atoms with van der Waals surface area (Å²) in [6, 6.07) is 12.8. The number of hydrogen-bond acceptors (Lipinski definition) is 2. The molecule has 1 heterocycles. The third-order valence-electron chi connectivity index (χ3n) is 3.22. The van der Waals surface area contributed by atoms with Crippen LogP contribution in [0, 0.1) is 0 Å². The second-order valence-electron chi connectivity index (χ2n) is 4.89. The van der Waals surface area contributed by atoms with Crippen molar-refractivity contribution in [3.05, 3.63) is 65.3 Å². The van der Waals surface area contributed by atoms with Gasteiger partial charge < -0.3 is 16.0 Å². The molecule has 0 atom stereocenters. The van der Waals surface area contributed by atoms with Crippen molar-refractivity contribution in [1.29, 1.82) is 0 Å². The Balaban J connectivity index is 1.76. The predicted octanol–water partition coefficient (Wildman–Crippen LogP) is 4.06. The third kappa shape index (κ3) is 3.13. The zero-order valence-corrected chi connectivity index (χ0v) is 12.4. The number of para-hydroxylation sites is 1. The molecule has 0 radical (unpaired) electrons. The summed E-state index contributed by atoms with van der Waals surface area (Å²) in [6.07, 6.45) is 5.11. The van der Waals surface area contributed by atoms with Gasteiger partial charge in [0.05, 0.1) is 0 Å². The average molecular weight is 312 g/mol. The highest BCUT2D eigenvalue weighted by Gasteiger charge is 2.03. The summed E-state index contributed by atoms with van der Waals surface area (Å²) >= 11 is 5.90. The second-order valence-corrected chi connectivity index (χ2v) is 5.32. The third-order valence-corrected chi connectivity index (χ3v) is 3.44. The zero-order chi connectivity index (χ0) is 15.5. The van der Waals surface area contributed by atoms with Crippen molar-refractivity contribution < 1.29 is 4.79 Å². The molecule has 0 fully saturated rings. The molecule has 4 nitrogen and oxygen atoms in total. The van der Waals surface area contributed by atoms with Crippen molar-refractivity contribution in [1.82, 2.24) is 4.98 Å². The number of fused-ring (bicyclic) bond motifs is 1. The Morgan fingerprint density at radius 2 is 2.05 bits per heavy atom. The molecule has 0 bridgehead atoms. The maximum atomic E-state index is 12.0. The highest BCUT2D eigenvalue weighted by molar-refractivity contribution is 6.31. The molecule has 22 heavy (non-hydrogen) atoms. The Morgan fingerprint density at radius 1 is 1.23 bits per heavy atom. The molecule has 2 aromatic carbocycles. The van der Waals surface area contributed by atoms with Gasteiger partial charge in [0.1, 0.15) is 0 Å². The van der Waals surface area contributed by atoms with E-state index in [0.29, 0.717) is 16.4 Å². The number of hydrogen-bond donors (Lipinski definition) is 3. The van der Waals surface area contributed by atoms with Gasteiger partial charge in [0, 0.05) is 39.6 Å². The van der Waals surface area contributed by atoms with E-state index in [-0.39, 0.29) is 5.91 Å². The first kappa shape index (κ1) is 14.2. The Bertz CT molecular complexity index is 847. The van der Waals surface area contributed by atoms with Crippen LogP contribution in [0.15, 0.2) is 54.7 Å². The number of anilines is 2. The minimum atomic E-state index is -0.244. The van der Waals surface area contributed by atoms with E-state index in [4.69, 9.17) is 17.3 Å². The normalized spacial score (nSPS) is 11.1. The maximum Gasteiger partial charge on any atom is 0.248 e. The van der Waals surface area contributed by atoms with Gasteiger partial charge in [-0.2, -0.15) is 0 Å². The lowest BCUT2D eigenvalue weighted by Crippen LogP contribution is -2.07. The van der Waals surface area contributed by atoms with Crippen molar-refractivity contribution in [2.24, 2.45) is 0 Å². The van der Waals surface area contributed by atoms with Crippen LogP contribution in [0.3, 0.4) is 0 Å². The highest BCUT2D eigenvalue weighted by atomic mass is 35.5. The van der Waals surface area contributed by atoms with E-state index >= 15 is 0 Å². The van der Waals surface area contributed by atoms with E-state index in [1.165, 1.54) is 6.08 Å². The van der Waals surface area contributed by atoms with Gasteiger partial charge in [-0.15, -0.1) is 0 Å². The minimum Gasteiger partial charge on any atom is -0.399 e. The summed E-state index contributed by atoms with van der Waals surface area (Å²) in [6.45, 7) is 0. The van der Waals surface area contributed by atoms with Crippen LogP contribution in [-0.2, 0) is 4.79 Å². The molecule has 0 spiro atoms. The van der Waals surface area contributed by atoms with Gasteiger partial charge in [-0.25, -0.2) is 0 Å². The van der Waals surface area contributed by atoms with Gasteiger partial charge >= 0.3 is 0 Å². The fourth-order valence-corrected chi connectivity index (χ4v) is 2.51.